The molecule has 0 saturated heterocycles. The lowest BCUT2D eigenvalue weighted by Gasteiger charge is -2.19. The van der Waals surface area contributed by atoms with E-state index in [2.05, 4.69) is 17.4 Å². The van der Waals surface area contributed by atoms with Crippen LogP contribution in [0.4, 0.5) is 0 Å². The van der Waals surface area contributed by atoms with Crippen molar-refractivity contribution in [3.63, 3.8) is 0 Å². The van der Waals surface area contributed by atoms with Crippen LogP contribution in [0.1, 0.15) is 41.1 Å². The summed E-state index contributed by atoms with van der Waals surface area (Å²) in [4.78, 5) is 23.9. The van der Waals surface area contributed by atoms with Crippen molar-refractivity contribution in [1.29, 1.82) is 0 Å². The second-order valence-electron chi connectivity index (χ2n) is 6.97. The Bertz CT molecular complexity index is 877. The number of carbonyl (C=O) groups excluding carboxylic acids is 1. The molecule has 1 amide bonds. The van der Waals surface area contributed by atoms with Gasteiger partial charge in [0.05, 0.1) is 33.1 Å². The Balaban J connectivity index is 1.75. The smallest absolute Gasteiger partial charge is 0.305 e. The Hall–Kier alpha value is -3.02. The number of nitrogens with one attached hydrogen (secondary N) is 1. The van der Waals surface area contributed by atoms with Gasteiger partial charge in [-0.3, -0.25) is 9.59 Å². The molecule has 0 spiro atoms. The highest BCUT2D eigenvalue weighted by atomic mass is 16.5. The van der Waals surface area contributed by atoms with Gasteiger partial charge in [-0.15, -0.1) is 0 Å². The fourth-order valence-corrected chi connectivity index (χ4v) is 3.66. The molecule has 1 unspecified atom stereocenters. The Morgan fingerprint density at radius 2 is 1.79 bits per heavy atom. The summed E-state index contributed by atoms with van der Waals surface area (Å²) < 4.78 is 10.5. The molecule has 1 aliphatic rings. The zero-order chi connectivity index (χ0) is 20.1. The zero-order valence-corrected chi connectivity index (χ0v) is 16.2. The summed E-state index contributed by atoms with van der Waals surface area (Å²) in [5, 5.41) is 12.1. The van der Waals surface area contributed by atoms with E-state index in [4.69, 9.17) is 9.47 Å². The second kappa shape index (κ2) is 8.78. The van der Waals surface area contributed by atoms with Crippen molar-refractivity contribution in [3.8, 4) is 11.5 Å². The standard InChI is InChI=1S/C22H25NO5/c1-27-19-9-8-17(12-20(19)28-2)18(13-22(25)26)23-21(24)11-14-6-7-15-4-3-5-16(15)10-14/h6-10,12,18H,3-5,11,13H2,1-2H3,(H,23,24)(H,25,26). The molecule has 28 heavy (non-hydrogen) atoms. The van der Waals surface area contributed by atoms with E-state index in [1.165, 1.54) is 25.3 Å². The third-order valence-corrected chi connectivity index (χ3v) is 5.05. The number of benzene rings is 2. The largest absolute Gasteiger partial charge is 0.493 e. The normalized spacial score (nSPS) is 13.5. The number of aryl methyl sites for hydroxylation is 2. The summed E-state index contributed by atoms with van der Waals surface area (Å²) >= 11 is 0. The van der Waals surface area contributed by atoms with Crippen molar-refractivity contribution < 1.29 is 24.2 Å². The first kappa shape index (κ1) is 19.7. The zero-order valence-electron chi connectivity index (χ0n) is 16.2. The lowest BCUT2D eigenvalue weighted by Crippen LogP contribution is -2.31. The van der Waals surface area contributed by atoms with Crippen molar-refractivity contribution in [3.05, 3.63) is 58.7 Å². The van der Waals surface area contributed by atoms with Crippen molar-refractivity contribution in [1.82, 2.24) is 5.32 Å². The van der Waals surface area contributed by atoms with Crippen molar-refractivity contribution in [2.24, 2.45) is 0 Å². The van der Waals surface area contributed by atoms with E-state index in [1.54, 1.807) is 18.2 Å². The van der Waals surface area contributed by atoms with Gasteiger partial charge in [0, 0.05) is 0 Å². The molecule has 3 rings (SSSR count). The third-order valence-electron chi connectivity index (χ3n) is 5.05. The van der Waals surface area contributed by atoms with Crippen LogP contribution in [0.15, 0.2) is 36.4 Å². The summed E-state index contributed by atoms with van der Waals surface area (Å²) in [6, 6.07) is 10.6. The molecule has 1 aliphatic carbocycles. The maximum absolute atomic E-state index is 12.6. The highest BCUT2D eigenvalue weighted by Crippen LogP contribution is 2.31. The summed E-state index contributed by atoms with van der Waals surface area (Å²) in [6.45, 7) is 0. The van der Waals surface area contributed by atoms with Gasteiger partial charge in [0.1, 0.15) is 0 Å². The van der Waals surface area contributed by atoms with Crippen molar-refractivity contribution >= 4 is 11.9 Å². The number of carboxylic acid groups (broad SMARTS) is 1. The van der Waals surface area contributed by atoms with Crippen LogP contribution in [0, 0.1) is 0 Å². The van der Waals surface area contributed by atoms with Crippen LogP contribution in [0.3, 0.4) is 0 Å². The molecule has 0 heterocycles. The van der Waals surface area contributed by atoms with E-state index in [0.29, 0.717) is 17.1 Å². The molecule has 0 radical (unpaired) electrons. The molecule has 0 aliphatic heterocycles. The van der Waals surface area contributed by atoms with Crippen molar-refractivity contribution in [2.45, 2.75) is 38.1 Å². The lowest BCUT2D eigenvalue weighted by molar-refractivity contribution is -0.137. The topological polar surface area (TPSA) is 84.9 Å². The van der Waals surface area contributed by atoms with Crippen molar-refractivity contribution in [2.75, 3.05) is 14.2 Å². The highest BCUT2D eigenvalue weighted by molar-refractivity contribution is 5.80. The number of methoxy groups -OCH3 is 2. The van der Waals surface area contributed by atoms with Crippen LogP contribution >= 0.6 is 0 Å². The fraction of sp³-hybridized carbons (Fsp3) is 0.364. The van der Waals surface area contributed by atoms with Gasteiger partial charge in [-0.25, -0.2) is 0 Å². The van der Waals surface area contributed by atoms with Gasteiger partial charge in [0.25, 0.3) is 0 Å². The highest BCUT2D eigenvalue weighted by Gasteiger charge is 2.20. The third kappa shape index (κ3) is 4.63. The quantitative estimate of drug-likeness (QED) is 0.732. The van der Waals surface area contributed by atoms with Crippen LogP contribution < -0.4 is 14.8 Å². The van der Waals surface area contributed by atoms with Crippen LogP contribution in [0.25, 0.3) is 0 Å². The van der Waals surface area contributed by atoms with Gasteiger partial charge >= 0.3 is 5.97 Å². The maximum atomic E-state index is 12.6. The first-order valence-corrected chi connectivity index (χ1v) is 9.34. The van der Waals surface area contributed by atoms with Gasteiger partial charge in [0.2, 0.25) is 5.91 Å². The first-order valence-electron chi connectivity index (χ1n) is 9.34. The molecular weight excluding hydrogens is 358 g/mol. The molecule has 0 bridgehead atoms. The molecular formula is C22H25NO5. The van der Waals surface area contributed by atoms with Gasteiger partial charge in [-0.1, -0.05) is 24.3 Å². The summed E-state index contributed by atoms with van der Waals surface area (Å²) in [6.07, 6.45) is 3.31. The van der Waals surface area contributed by atoms with Gasteiger partial charge < -0.3 is 19.9 Å². The summed E-state index contributed by atoms with van der Waals surface area (Å²) in [5.41, 5.74) is 4.27. The number of carboxylic acids is 1. The first-order chi connectivity index (χ1) is 13.5. The number of hydrogen-bond acceptors (Lipinski definition) is 4. The van der Waals surface area contributed by atoms with E-state index in [9.17, 15) is 14.7 Å². The molecule has 2 N–H and O–H groups in total. The number of amides is 1. The van der Waals surface area contributed by atoms with Crippen LogP contribution in [-0.4, -0.2) is 31.2 Å². The van der Waals surface area contributed by atoms with Crippen LogP contribution in [-0.2, 0) is 28.9 Å². The SMILES string of the molecule is COc1ccc(C(CC(=O)O)NC(=O)Cc2ccc3c(c2)CCC3)cc1OC. The predicted molar refractivity (Wildman–Crippen MR) is 105 cm³/mol. The molecule has 6 nitrogen and oxygen atoms in total. The van der Waals surface area contributed by atoms with E-state index in [1.807, 2.05) is 6.07 Å². The lowest BCUT2D eigenvalue weighted by atomic mass is 10.0. The average molecular weight is 383 g/mol. The van der Waals surface area contributed by atoms with Crippen LogP contribution in [0.2, 0.25) is 0 Å². The molecule has 2 aromatic rings. The summed E-state index contributed by atoms with van der Waals surface area (Å²) in [5.74, 6) is -0.162. The number of ether oxygens (including phenoxy) is 2. The van der Waals surface area contributed by atoms with E-state index in [0.717, 1.165) is 24.8 Å². The second-order valence-corrected chi connectivity index (χ2v) is 6.97. The van der Waals surface area contributed by atoms with E-state index >= 15 is 0 Å². The monoisotopic (exact) mass is 383 g/mol. The number of rotatable bonds is 8. The molecule has 0 saturated carbocycles. The number of carbonyl (C=O) groups is 2. The van der Waals surface area contributed by atoms with Gasteiger partial charge in [-0.05, 0) is 53.6 Å². The molecule has 0 fully saturated rings. The Morgan fingerprint density at radius 1 is 1.04 bits per heavy atom. The minimum Gasteiger partial charge on any atom is -0.493 e. The number of aliphatic carboxylic acids is 1. The van der Waals surface area contributed by atoms with Gasteiger partial charge in [0.15, 0.2) is 11.5 Å². The molecule has 0 aromatic heterocycles. The van der Waals surface area contributed by atoms with E-state index in [-0.39, 0.29) is 18.7 Å². The molecule has 148 valence electrons. The number of fused-ring (bicyclic) bond motifs is 1. The van der Waals surface area contributed by atoms with Crippen LogP contribution in [0.5, 0.6) is 11.5 Å². The molecule has 1 atom stereocenters. The minimum atomic E-state index is -0.988. The number of hydrogen-bond donors (Lipinski definition) is 2. The maximum Gasteiger partial charge on any atom is 0.305 e. The predicted octanol–water partition coefficient (Wildman–Crippen LogP) is 3.07. The molecule has 2 aromatic carbocycles. The van der Waals surface area contributed by atoms with E-state index < -0.39 is 12.0 Å². The Labute approximate surface area is 164 Å². The Morgan fingerprint density at radius 3 is 2.50 bits per heavy atom. The summed E-state index contributed by atoms with van der Waals surface area (Å²) in [7, 11) is 3.05. The van der Waals surface area contributed by atoms with Gasteiger partial charge in [-0.2, -0.15) is 0 Å². The Kier molecular flexibility index (Phi) is 6.19. The minimum absolute atomic E-state index is 0.209. The molecule has 6 heteroatoms. The average Bonchev–Trinajstić information content (AvgIpc) is 3.14. The fourth-order valence-electron chi connectivity index (χ4n) is 3.66.